The van der Waals surface area contributed by atoms with Crippen LogP contribution in [-0.2, 0) is 20.9 Å². The average molecular weight is 461 g/mol. The third kappa shape index (κ3) is 3.44. The van der Waals surface area contributed by atoms with Crippen molar-refractivity contribution in [1.82, 2.24) is 19.6 Å². The predicted molar refractivity (Wildman–Crippen MR) is 118 cm³/mol. The van der Waals surface area contributed by atoms with Gasteiger partial charge in [0.05, 0.1) is 18.7 Å². The monoisotopic (exact) mass is 460 g/mol. The number of imide groups is 1. The molecule has 3 amide bonds. The molecule has 4 aliphatic rings. The van der Waals surface area contributed by atoms with Gasteiger partial charge in [0.15, 0.2) is 0 Å². The molecule has 1 aromatic carbocycles. The molecule has 1 spiro atoms. The molecule has 1 N–H and O–H groups in total. The number of nitrogens with zero attached hydrogens (tertiary/aromatic N) is 4. The van der Waals surface area contributed by atoms with E-state index in [4.69, 9.17) is 11.6 Å². The maximum atomic E-state index is 13.7. The van der Waals surface area contributed by atoms with Gasteiger partial charge in [0, 0.05) is 50.7 Å². The first kappa shape index (κ1) is 21.8. The van der Waals surface area contributed by atoms with Crippen LogP contribution in [0.2, 0.25) is 5.02 Å². The number of halogens is 1. The number of hydrogen-bond acceptors (Lipinski definition) is 6. The van der Waals surface area contributed by atoms with Gasteiger partial charge in [0.1, 0.15) is 5.54 Å². The number of amides is 3. The maximum absolute atomic E-state index is 13.7. The predicted octanol–water partition coefficient (Wildman–Crippen LogP) is 0.709. The molecule has 172 valence electrons. The molecule has 0 bridgehead atoms. The SMILES string of the molecule is CC(=O)N1CCC(N2CC3(C2)C(=O)N(Cc2ccccc2Cl)C(=O)C2CC(O)CN23)CC1. The number of β-amino-alcohol motifs (C(OH)–C–C–N with tert-alkyl or cyclic N) is 1. The lowest BCUT2D eigenvalue weighted by atomic mass is 9.80. The molecule has 5 rings (SSSR count). The lowest BCUT2D eigenvalue weighted by Crippen LogP contribution is -2.82. The summed E-state index contributed by atoms with van der Waals surface area (Å²) >= 11 is 6.32. The van der Waals surface area contributed by atoms with E-state index < -0.39 is 17.7 Å². The van der Waals surface area contributed by atoms with Gasteiger partial charge in [-0.3, -0.25) is 29.1 Å². The molecule has 4 aliphatic heterocycles. The van der Waals surface area contributed by atoms with Gasteiger partial charge in [0.2, 0.25) is 11.8 Å². The minimum absolute atomic E-state index is 0.105. The number of carbonyl (C=O) groups is 3. The van der Waals surface area contributed by atoms with E-state index in [2.05, 4.69) is 4.90 Å². The summed E-state index contributed by atoms with van der Waals surface area (Å²) < 4.78 is 0. The van der Waals surface area contributed by atoms with E-state index >= 15 is 0 Å². The zero-order valence-electron chi connectivity index (χ0n) is 18.2. The van der Waals surface area contributed by atoms with Gasteiger partial charge in [-0.05, 0) is 30.9 Å². The van der Waals surface area contributed by atoms with Gasteiger partial charge in [-0.2, -0.15) is 0 Å². The quantitative estimate of drug-likeness (QED) is 0.669. The number of aliphatic hydroxyl groups excluding tert-OH is 1. The van der Waals surface area contributed by atoms with Crippen LogP contribution in [0.25, 0.3) is 0 Å². The lowest BCUT2D eigenvalue weighted by molar-refractivity contribution is -0.184. The van der Waals surface area contributed by atoms with Crippen molar-refractivity contribution in [3.05, 3.63) is 34.9 Å². The van der Waals surface area contributed by atoms with E-state index in [1.807, 2.05) is 28.0 Å². The molecule has 2 atom stereocenters. The van der Waals surface area contributed by atoms with Crippen molar-refractivity contribution in [3.8, 4) is 0 Å². The Labute approximate surface area is 192 Å². The Morgan fingerprint density at radius 2 is 1.88 bits per heavy atom. The van der Waals surface area contributed by atoms with Crippen molar-refractivity contribution in [2.45, 2.75) is 56.5 Å². The highest BCUT2D eigenvalue weighted by Crippen LogP contribution is 2.42. The van der Waals surface area contributed by atoms with E-state index in [1.165, 1.54) is 4.90 Å². The minimum Gasteiger partial charge on any atom is -0.392 e. The van der Waals surface area contributed by atoms with Gasteiger partial charge in [0.25, 0.3) is 5.91 Å². The molecule has 4 heterocycles. The number of benzene rings is 1. The number of aliphatic hydroxyl groups is 1. The minimum atomic E-state index is -0.783. The summed E-state index contributed by atoms with van der Waals surface area (Å²) in [5, 5.41) is 10.9. The van der Waals surface area contributed by atoms with Crippen molar-refractivity contribution in [2.75, 3.05) is 32.7 Å². The summed E-state index contributed by atoms with van der Waals surface area (Å²) in [6, 6.07) is 7.11. The van der Waals surface area contributed by atoms with E-state index in [1.54, 1.807) is 13.0 Å². The molecule has 4 fully saturated rings. The van der Waals surface area contributed by atoms with Gasteiger partial charge in [-0.1, -0.05) is 29.8 Å². The summed E-state index contributed by atoms with van der Waals surface area (Å²) in [5.74, 6) is -0.330. The second-order valence-corrected chi connectivity index (χ2v) is 9.96. The van der Waals surface area contributed by atoms with E-state index in [-0.39, 0.29) is 24.3 Å². The van der Waals surface area contributed by atoms with Gasteiger partial charge in [-0.25, -0.2) is 0 Å². The van der Waals surface area contributed by atoms with Crippen LogP contribution in [0.3, 0.4) is 0 Å². The molecule has 32 heavy (non-hydrogen) atoms. The summed E-state index contributed by atoms with van der Waals surface area (Å²) in [4.78, 5) is 46.1. The smallest absolute Gasteiger partial charge is 0.252 e. The Balaban J connectivity index is 1.36. The van der Waals surface area contributed by atoms with Gasteiger partial charge >= 0.3 is 0 Å². The Morgan fingerprint density at radius 1 is 1.19 bits per heavy atom. The molecule has 0 aromatic heterocycles. The van der Waals surface area contributed by atoms with Crippen molar-refractivity contribution < 1.29 is 19.5 Å². The number of fused-ring (bicyclic) bond motifs is 2. The topological polar surface area (TPSA) is 84.4 Å². The third-order valence-electron chi connectivity index (χ3n) is 7.66. The highest BCUT2D eigenvalue weighted by atomic mass is 35.5. The number of piperidine rings is 1. The fourth-order valence-corrected chi connectivity index (χ4v) is 6.06. The Kier molecular flexibility index (Phi) is 5.52. The molecule has 9 heteroatoms. The fourth-order valence-electron chi connectivity index (χ4n) is 5.87. The molecule has 8 nitrogen and oxygen atoms in total. The highest BCUT2D eigenvalue weighted by Gasteiger charge is 2.64. The number of piperazine rings is 1. The van der Waals surface area contributed by atoms with Crippen LogP contribution < -0.4 is 0 Å². The van der Waals surface area contributed by atoms with Crippen LogP contribution in [0.1, 0.15) is 31.7 Å². The van der Waals surface area contributed by atoms with Crippen molar-refractivity contribution in [3.63, 3.8) is 0 Å². The molecule has 0 radical (unpaired) electrons. The summed E-state index contributed by atoms with van der Waals surface area (Å²) in [5.41, 5.74) is -0.0412. The maximum Gasteiger partial charge on any atom is 0.252 e. The Bertz CT molecular complexity index is 942. The zero-order chi connectivity index (χ0) is 22.6. The van der Waals surface area contributed by atoms with Gasteiger partial charge in [-0.15, -0.1) is 0 Å². The lowest BCUT2D eigenvalue weighted by Gasteiger charge is -2.60. The normalized spacial score (nSPS) is 28.8. The zero-order valence-corrected chi connectivity index (χ0v) is 19.0. The van der Waals surface area contributed by atoms with Crippen molar-refractivity contribution in [2.24, 2.45) is 0 Å². The van der Waals surface area contributed by atoms with Crippen LogP contribution in [0, 0.1) is 0 Å². The van der Waals surface area contributed by atoms with Crippen LogP contribution in [-0.4, -0.2) is 98.9 Å². The van der Waals surface area contributed by atoms with Crippen molar-refractivity contribution in [1.29, 1.82) is 0 Å². The standard InChI is InChI=1S/C23H29ClN4O4/c1-15(29)25-8-6-17(7-9-25)26-13-23(14-26)22(32)27(11-16-4-2-3-5-19(16)24)21(31)20-10-18(30)12-28(20)23/h2-5,17-18,20,30H,6-14H2,1H3. The molecule has 0 saturated carbocycles. The molecule has 1 aromatic rings. The molecule has 0 aliphatic carbocycles. The molecule has 4 saturated heterocycles. The van der Waals surface area contributed by atoms with Crippen LogP contribution >= 0.6 is 11.6 Å². The first-order valence-corrected chi connectivity index (χ1v) is 11.7. The van der Waals surface area contributed by atoms with Crippen LogP contribution in [0.4, 0.5) is 0 Å². The second kappa shape index (κ2) is 8.09. The first-order chi connectivity index (χ1) is 15.3. The number of likely N-dealkylation sites (tertiary alicyclic amines) is 2. The number of carbonyl (C=O) groups excluding carboxylic acids is 3. The van der Waals surface area contributed by atoms with E-state index in [0.717, 1.165) is 31.5 Å². The largest absolute Gasteiger partial charge is 0.392 e. The van der Waals surface area contributed by atoms with Crippen LogP contribution in [0.5, 0.6) is 0 Å². The molecular formula is C23H29ClN4O4. The summed E-state index contributed by atoms with van der Waals surface area (Å²) in [7, 11) is 0. The van der Waals surface area contributed by atoms with Gasteiger partial charge < -0.3 is 10.0 Å². The molecule has 2 unspecified atom stereocenters. The molecular weight excluding hydrogens is 432 g/mol. The average Bonchev–Trinajstić information content (AvgIpc) is 3.14. The van der Waals surface area contributed by atoms with E-state index in [9.17, 15) is 19.5 Å². The Hall–Kier alpha value is -2.00. The number of hydrogen-bond donors (Lipinski definition) is 1. The van der Waals surface area contributed by atoms with E-state index in [0.29, 0.717) is 37.1 Å². The number of rotatable bonds is 3. The second-order valence-electron chi connectivity index (χ2n) is 9.55. The van der Waals surface area contributed by atoms with Crippen LogP contribution in [0.15, 0.2) is 24.3 Å². The third-order valence-corrected chi connectivity index (χ3v) is 8.03. The fraction of sp³-hybridized carbons (Fsp3) is 0.609. The summed E-state index contributed by atoms with van der Waals surface area (Å²) in [6.07, 6.45) is 1.52. The first-order valence-electron chi connectivity index (χ1n) is 11.3. The summed E-state index contributed by atoms with van der Waals surface area (Å²) in [6.45, 7) is 4.66. The highest BCUT2D eigenvalue weighted by molar-refractivity contribution is 6.31. The van der Waals surface area contributed by atoms with Crippen molar-refractivity contribution >= 4 is 29.3 Å². The Morgan fingerprint density at radius 3 is 2.53 bits per heavy atom.